The molecule has 0 radical (unpaired) electrons. The Morgan fingerprint density at radius 1 is 0.897 bits per heavy atom. The molecular formula is C30H40FN7S. The molecule has 0 saturated carbocycles. The number of fused-ring (bicyclic) bond motifs is 1. The average molecular weight is 550 g/mol. The molecule has 2 aromatic carbocycles. The van der Waals surface area contributed by atoms with Crippen LogP contribution in [-0.2, 0) is 0 Å². The molecule has 1 aromatic heterocycles. The topological polar surface area (TPSA) is 49.9 Å². The van der Waals surface area contributed by atoms with E-state index in [9.17, 15) is 4.39 Å². The van der Waals surface area contributed by atoms with Gasteiger partial charge in [-0.2, -0.15) is 0 Å². The molecule has 39 heavy (non-hydrogen) atoms. The van der Waals surface area contributed by atoms with Crippen LogP contribution >= 0.6 is 12.2 Å². The molecule has 2 fully saturated rings. The third kappa shape index (κ3) is 7.15. The first kappa shape index (κ1) is 27.6. The number of pyridine rings is 1. The molecular weight excluding hydrogens is 509 g/mol. The number of nitrogens with one attached hydrogen (secondary N) is 2. The summed E-state index contributed by atoms with van der Waals surface area (Å²) in [5, 5.41) is 8.50. The molecule has 0 unspecified atom stereocenters. The van der Waals surface area contributed by atoms with Gasteiger partial charge in [-0.1, -0.05) is 6.92 Å². The highest BCUT2D eigenvalue weighted by Crippen LogP contribution is 2.26. The summed E-state index contributed by atoms with van der Waals surface area (Å²) in [7, 11) is 0. The number of piperazine rings is 2. The van der Waals surface area contributed by atoms with Crippen LogP contribution in [0.2, 0.25) is 0 Å². The maximum Gasteiger partial charge on any atom is 0.170 e. The molecule has 7 nitrogen and oxygen atoms in total. The molecule has 2 aliphatic heterocycles. The molecule has 2 saturated heterocycles. The molecule has 2 aliphatic rings. The van der Waals surface area contributed by atoms with E-state index in [0.717, 1.165) is 107 Å². The van der Waals surface area contributed by atoms with E-state index in [-0.39, 0.29) is 5.82 Å². The highest BCUT2D eigenvalue weighted by molar-refractivity contribution is 7.80. The van der Waals surface area contributed by atoms with Gasteiger partial charge in [-0.25, -0.2) is 9.37 Å². The number of aromatic nitrogens is 1. The van der Waals surface area contributed by atoms with Gasteiger partial charge in [0.15, 0.2) is 5.11 Å². The summed E-state index contributed by atoms with van der Waals surface area (Å²) in [6.45, 7) is 15.6. The van der Waals surface area contributed by atoms with Gasteiger partial charge in [0.1, 0.15) is 11.6 Å². The number of hydrogen-bond acceptors (Lipinski definition) is 6. The van der Waals surface area contributed by atoms with Gasteiger partial charge in [-0.3, -0.25) is 4.90 Å². The SMILES string of the molecule is CCN1CCN(c2cc(C)c3cc(NC(=S)NCCCN4CCN(c5ccc(F)cc5)CC4)ccc3n2)CC1. The second-order valence-corrected chi connectivity index (χ2v) is 10.9. The summed E-state index contributed by atoms with van der Waals surface area (Å²) in [5.41, 5.74) is 4.33. The molecule has 0 atom stereocenters. The highest BCUT2D eigenvalue weighted by atomic mass is 32.1. The Morgan fingerprint density at radius 3 is 2.31 bits per heavy atom. The Labute approximate surface area is 237 Å². The standard InChI is InChI=1S/C30H40FN7S/c1-3-35-13-19-38(20-14-35)29-21-23(2)27-22-25(7-10-28(27)34-29)33-30(39)32-11-4-12-36-15-17-37(18-16-36)26-8-5-24(31)6-9-26/h5-10,21-22H,3-4,11-20H2,1-2H3,(H2,32,33,39). The predicted octanol–water partition coefficient (Wildman–Crippen LogP) is 4.32. The van der Waals surface area contributed by atoms with Gasteiger partial charge in [-0.05, 0) is 92.7 Å². The number of likely N-dealkylation sites (N-methyl/N-ethyl adjacent to an activating group) is 1. The number of thiocarbonyl (C=S) groups is 1. The fraction of sp³-hybridized carbons (Fsp3) is 0.467. The zero-order valence-corrected chi connectivity index (χ0v) is 23.9. The van der Waals surface area contributed by atoms with Crippen molar-refractivity contribution < 1.29 is 4.39 Å². The van der Waals surface area contributed by atoms with Crippen LogP contribution in [0.1, 0.15) is 18.9 Å². The van der Waals surface area contributed by atoms with E-state index in [1.165, 1.54) is 17.7 Å². The van der Waals surface area contributed by atoms with Crippen molar-refractivity contribution in [2.75, 3.05) is 87.1 Å². The molecule has 3 heterocycles. The lowest BCUT2D eigenvalue weighted by atomic mass is 10.1. The number of nitrogens with zero attached hydrogens (tertiary/aromatic N) is 5. The molecule has 0 amide bonds. The van der Waals surface area contributed by atoms with E-state index in [1.54, 1.807) is 0 Å². The normalized spacial score (nSPS) is 17.0. The summed E-state index contributed by atoms with van der Waals surface area (Å²) >= 11 is 5.57. The molecule has 2 N–H and O–H groups in total. The Kier molecular flexibility index (Phi) is 9.11. The van der Waals surface area contributed by atoms with E-state index in [1.807, 2.05) is 12.1 Å². The first-order chi connectivity index (χ1) is 19.0. The Hall–Kier alpha value is -3.01. The monoisotopic (exact) mass is 549 g/mol. The predicted molar refractivity (Wildman–Crippen MR) is 165 cm³/mol. The van der Waals surface area contributed by atoms with Gasteiger partial charge < -0.3 is 25.3 Å². The zero-order valence-electron chi connectivity index (χ0n) is 23.1. The van der Waals surface area contributed by atoms with E-state index in [4.69, 9.17) is 17.2 Å². The highest BCUT2D eigenvalue weighted by Gasteiger charge is 2.18. The van der Waals surface area contributed by atoms with Crippen LogP contribution < -0.4 is 20.4 Å². The summed E-state index contributed by atoms with van der Waals surface area (Å²) in [6.07, 6.45) is 1.02. The Morgan fingerprint density at radius 2 is 1.59 bits per heavy atom. The number of rotatable bonds is 8. The van der Waals surface area contributed by atoms with Crippen molar-refractivity contribution in [3.63, 3.8) is 0 Å². The van der Waals surface area contributed by atoms with E-state index >= 15 is 0 Å². The quantitative estimate of drug-likeness (QED) is 0.318. The van der Waals surface area contributed by atoms with Crippen molar-refractivity contribution in [2.45, 2.75) is 20.3 Å². The maximum absolute atomic E-state index is 13.2. The second kappa shape index (κ2) is 12.9. The number of anilines is 3. The van der Waals surface area contributed by atoms with E-state index in [0.29, 0.717) is 5.11 Å². The van der Waals surface area contributed by atoms with Crippen molar-refractivity contribution in [2.24, 2.45) is 0 Å². The number of hydrogen-bond donors (Lipinski definition) is 2. The molecule has 0 aliphatic carbocycles. The molecule has 208 valence electrons. The van der Waals surface area contributed by atoms with Crippen LogP contribution in [0.15, 0.2) is 48.5 Å². The van der Waals surface area contributed by atoms with Gasteiger partial charge in [0.05, 0.1) is 5.52 Å². The van der Waals surface area contributed by atoms with Gasteiger partial charge in [0.2, 0.25) is 0 Å². The van der Waals surface area contributed by atoms with E-state index < -0.39 is 0 Å². The Bertz CT molecular complexity index is 1250. The average Bonchev–Trinajstić information content (AvgIpc) is 2.96. The maximum atomic E-state index is 13.2. The summed E-state index contributed by atoms with van der Waals surface area (Å²) in [4.78, 5) is 14.7. The van der Waals surface area contributed by atoms with Crippen LogP contribution in [0.4, 0.5) is 21.6 Å². The first-order valence-electron chi connectivity index (χ1n) is 14.1. The van der Waals surface area contributed by atoms with Crippen LogP contribution in [0.5, 0.6) is 0 Å². The van der Waals surface area contributed by atoms with Crippen LogP contribution in [0.25, 0.3) is 10.9 Å². The van der Waals surface area contributed by atoms with Crippen LogP contribution in [0, 0.1) is 12.7 Å². The summed E-state index contributed by atoms with van der Waals surface area (Å²) < 4.78 is 13.2. The van der Waals surface area contributed by atoms with E-state index in [2.05, 4.69) is 68.3 Å². The molecule has 3 aromatic rings. The van der Waals surface area contributed by atoms with Crippen LogP contribution in [-0.4, -0.2) is 91.9 Å². The molecule has 0 spiro atoms. The van der Waals surface area contributed by atoms with Crippen molar-refractivity contribution in [3.8, 4) is 0 Å². The fourth-order valence-electron chi connectivity index (χ4n) is 5.47. The smallest absolute Gasteiger partial charge is 0.170 e. The van der Waals surface area contributed by atoms with Crippen molar-refractivity contribution in [3.05, 3.63) is 59.9 Å². The minimum atomic E-state index is -0.185. The fourth-order valence-corrected chi connectivity index (χ4v) is 5.69. The van der Waals surface area contributed by atoms with Gasteiger partial charge in [-0.15, -0.1) is 0 Å². The third-order valence-electron chi connectivity index (χ3n) is 7.90. The molecule has 9 heteroatoms. The molecule has 0 bridgehead atoms. The lowest BCUT2D eigenvalue weighted by Gasteiger charge is -2.36. The van der Waals surface area contributed by atoms with Gasteiger partial charge in [0, 0.05) is 75.7 Å². The third-order valence-corrected chi connectivity index (χ3v) is 8.15. The van der Waals surface area contributed by atoms with Crippen molar-refractivity contribution in [1.82, 2.24) is 20.1 Å². The lowest BCUT2D eigenvalue weighted by Crippen LogP contribution is -2.47. The van der Waals surface area contributed by atoms with Crippen LogP contribution in [0.3, 0.4) is 0 Å². The zero-order chi connectivity index (χ0) is 27.2. The number of benzene rings is 2. The lowest BCUT2D eigenvalue weighted by molar-refractivity contribution is 0.255. The van der Waals surface area contributed by atoms with Crippen molar-refractivity contribution in [1.29, 1.82) is 0 Å². The summed E-state index contributed by atoms with van der Waals surface area (Å²) in [6, 6.07) is 15.3. The number of aryl methyl sites for hydroxylation is 1. The molecule has 5 rings (SSSR count). The minimum absolute atomic E-state index is 0.185. The minimum Gasteiger partial charge on any atom is -0.369 e. The summed E-state index contributed by atoms with van der Waals surface area (Å²) in [5.74, 6) is 0.890. The van der Waals surface area contributed by atoms with Gasteiger partial charge in [0.25, 0.3) is 0 Å². The number of halogens is 1. The van der Waals surface area contributed by atoms with Crippen molar-refractivity contribution >= 4 is 45.4 Å². The van der Waals surface area contributed by atoms with Gasteiger partial charge >= 0.3 is 0 Å². The Balaban J connectivity index is 1.05. The first-order valence-corrected chi connectivity index (χ1v) is 14.6. The second-order valence-electron chi connectivity index (χ2n) is 10.5. The largest absolute Gasteiger partial charge is 0.369 e.